The summed E-state index contributed by atoms with van der Waals surface area (Å²) in [5, 5.41) is 8.76. The number of anilines is 1. The minimum Gasteiger partial charge on any atom is -0.343 e. The number of H-pyrrole nitrogens is 1. The Morgan fingerprint density at radius 3 is 2.53 bits per heavy atom. The van der Waals surface area contributed by atoms with E-state index in [2.05, 4.69) is 37.8 Å². The fourth-order valence-corrected chi connectivity index (χ4v) is 7.12. The molecule has 4 aromatic rings. The van der Waals surface area contributed by atoms with Crippen molar-refractivity contribution in [1.82, 2.24) is 9.78 Å². The second-order valence-corrected chi connectivity index (χ2v) is 11.5. The van der Waals surface area contributed by atoms with E-state index < -0.39 is 0 Å². The van der Waals surface area contributed by atoms with Gasteiger partial charge in [-0.2, -0.15) is 0 Å². The van der Waals surface area contributed by atoms with Crippen molar-refractivity contribution in [3.8, 4) is 5.69 Å². The Balaban J connectivity index is 1.52. The largest absolute Gasteiger partial charge is 0.343 e. The van der Waals surface area contributed by atoms with Crippen LogP contribution in [-0.4, -0.2) is 15.6 Å². The number of thiophene rings is 2. The van der Waals surface area contributed by atoms with Gasteiger partial charge in [-0.25, -0.2) is 4.68 Å². The van der Waals surface area contributed by atoms with Gasteiger partial charge >= 0.3 is 0 Å². The summed E-state index contributed by atoms with van der Waals surface area (Å²) in [6.45, 7) is 0. The van der Waals surface area contributed by atoms with Crippen LogP contribution in [0.1, 0.15) is 40.0 Å². The zero-order valence-electron chi connectivity index (χ0n) is 16.8. The molecule has 8 heteroatoms. The van der Waals surface area contributed by atoms with Crippen molar-refractivity contribution in [2.24, 2.45) is 0 Å². The predicted octanol–water partition coefficient (Wildman–Crippen LogP) is 6.01. The van der Waals surface area contributed by atoms with Gasteiger partial charge in [0.15, 0.2) is 5.78 Å². The molecule has 6 rings (SSSR count). The molecule has 2 unspecified atom stereocenters. The highest BCUT2D eigenvalue weighted by Gasteiger charge is 2.41. The molecule has 0 radical (unpaired) electrons. The van der Waals surface area contributed by atoms with Gasteiger partial charge in [0.05, 0.1) is 21.0 Å². The number of carbonyl (C=O) groups excluding carboxylic acids is 1. The minimum atomic E-state index is -0.372. The number of rotatable bonds is 3. The first-order valence-corrected chi connectivity index (χ1v) is 12.8. The van der Waals surface area contributed by atoms with Crippen LogP contribution in [0.2, 0.25) is 0 Å². The molecule has 1 aliphatic heterocycles. The van der Waals surface area contributed by atoms with E-state index in [1.165, 1.54) is 4.88 Å². The molecule has 0 saturated carbocycles. The van der Waals surface area contributed by atoms with Crippen LogP contribution >= 0.6 is 38.6 Å². The molecule has 0 amide bonds. The first-order chi connectivity index (χ1) is 15.6. The van der Waals surface area contributed by atoms with Crippen molar-refractivity contribution in [3.05, 3.63) is 101 Å². The predicted molar refractivity (Wildman–Crippen MR) is 132 cm³/mol. The molecular formula is C24H18BrN3O2S2. The van der Waals surface area contributed by atoms with Gasteiger partial charge in [0.25, 0.3) is 5.56 Å². The highest BCUT2D eigenvalue weighted by atomic mass is 79.9. The number of nitrogens with zero attached hydrogens (tertiary/aromatic N) is 1. The number of benzene rings is 1. The fraction of sp³-hybridized carbons (Fsp3) is 0.167. The van der Waals surface area contributed by atoms with Crippen LogP contribution in [-0.2, 0) is 4.79 Å². The molecule has 2 aliphatic rings. The van der Waals surface area contributed by atoms with Gasteiger partial charge in [0.1, 0.15) is 5.82 Å². The van der Waals surface area contributed by atoms with Gasteiger partial charge in [-0.1, -0.05) is 24.3 Å². The van der Waals surface area contributed by atoms with Crippen molar-refractivity contribution in [2.75, 3.05) is 5.32 Å². The van der Waals surface area contributed by atoms with Crippen molar-refractivity contribution >= 4 is 50.2 Å². The number of hydrogen-bond donors (Lipinski definition) is 2. The van der Waals surface area contributed by atoms with Gasteiger partial charge in [0, 0.05) is 33.4 Å². The average Bonchev–Trinajstić information content (AvgIpc) is 3.54. The maximum absolute atomic E-state index is 13.6. The summed E-state index contributed by atoms with van der Waals surface area (Å²) in [4.78, 5) is 29.3. The Hall–Kier alpha value is -2.68. The number of carbonyl (C=O) groups is 1. The standard InChI is InChI=1S/C24H18BrN3O2S2/c25-19-9-8-18(32-19)21-20-15(11-13(12-16(20)29)17-7-4-10-31-17)26-23-22(21)24(30)28(27-23)14-5-2-1-3-6-14/h1-10,13,21,26-27H,11-12H2. The van der Waals surface area contributed by atoms with E-state index in [9.17, 15) is 9.59 Å². The van der Waals surface area contributed by atoms with Crippen molar-refractivity contribution < 1.29 is 4.79 Å². The highest BCUT2D eigenvalue weighted by Crippen LogP contribution is 2.48. The van der Waals surface area contributed by atoms with E-state index in [-0.39, 0.29) is 23.2 Å². The zero-order valence-corrected chi connectivity index (χ0v) is 20.0. The van der Waals surface area contributed by atoms with Gasteiger partial charge in [-0.3, -0.25) is 14.7 Å². The van der Waals surface area contributed by atoms with Crippen LogP contribution in [0.25, 0.3) is 5.69 Å². The molecule has 1 aromatic carbocycles. The van der Waals surface area contributed by atoms with Crippen LogP contribution in [0.3, 0.4) is 0 Å². The lowest BCUT2D eigenvalue weighted by atomic mass is 9.76. The van der Waals surface area contributed by atoms with Crippen LogP contribution in [0, 0.1) is 0 Å². The lowest BCUT2D eigenvalue weighted by Crippen LogP contribution is -2.31. The van der Waals surface area contributed by atoms with E-state index in [0.29, 0.717) is 17.8 Å². The van der Waals surface area contributed by atoms with Gasteiger partial charge < -0.3 is 5.32 Å². The lowest BCUT2D eigenvalue weighted by molar-refractivity contribution is -0.116. The molecule has 0 fully saturated rings. The second-order valence-electron chi connectivity index (χ2n) is 8.01. The molecule has 4 heterocycles. The number of fused-ring (bicyclic) bond motifs is 1. The van der Waals surface area contributed by atoms with Gasteiger partial charge in [-0.05, 0) is 58.1 Å². The molecule has 1 aliphatic carbocycles. The Morgan fingerprint density at radius 2 is 1.81 bits per heavy atom. The molecule has 5 nitrogen and oxygen atoms in total. The van der Waals surface area contributed by atoms with E-state index in [0.717, 1.165) is 32.0 Å². The van der Waals surface area contributed by atoms with E-state index >= 15 is 0 Å². The molecule has 0 spiro atoms. The van der Waals surface area contributed by atoms with Gasteiger partial charge in [0.2, 0.25) is 0 Å². The number of nitrogens with one attached hydrogen (secondary N) is 2. The zero-order chi connectivity index (χ0) is 21.8. The SMILES string of the molecule is O=C1CC(c2cccs2)CC2=C1C(c1ccc(Br)s1)c1c([nH]n(-c3ccccc3)c1=O)N2. The maximum atomic E-state index is 13.6. The summed E-state index contributed by atoms with van der Waals surface area (Å²) in [5.41, 5.74) is 2.89. The third-order valence-corrected chi connectivity index (χ3v) is 8.85. The number of aromatic amines is 1. The minimum absolute atomic E-state index is 0.115. The van der Waals surface area contributed by atoms with Gasteiger partial charge in [-0.15, -0.1) is 22.7 Å². The normalized spacial score (nSPS) is 20.1. The Kier molecular flexibility index (Phi) is 4.82. The van der Waals surface area contributed by atoms with Crippen molar-refractivity contribution in [1.29, 1.82) is 0 Å². The molecule has 0 bridgehead atoms. The Morgan fingerprint density at radius 1 is 0.969 bits per heavy atom. The molecule has 160 valence electrons. The summed E-state index contributed by atoms with van der Waals surface area (Å²) >= 11 is 6.81. The topological polar surface area (TPSA) is 66.9 Å². The van der Waals surface area contributed by atoms with Crippen LogP contribution < -0.4 is 10.9 Å². The maximum Gasteiger partial charge on any atom is 0.277 e. The molecule has 2 atom stereocenters. The first-order valence-electron chi connectivity index (χ1n) is 10.3. The number of allylic oxidation sites excluding steroid dienone is 2. The Bertz CT molecular complexity index is 1410. The average molecular weight is 524 g/mol. The highest BCUT2D eigenvalue weighted by molar-refractivity contribution is 9.11. The van der Waals surface area contributed by atoms with Crippen LogP contribution in [0.15, 0.2) is 79.8 Å². The third kappa shape index (κ3) is 3.17. The number of hydrogen-bond acceptors (Lipinski definition) is 5. The molecule has 3 aromatic heterocycles. The van der Waals surface area contributed by atoms with E-state index in [1.807, 2.05) is 48.5 Å². The second kappa shape index (κ2) is 7.72. The van der Waals surface area contributed by atoms with Crippen LogP contribution in [0.5, 0.6) is 0 Å². The number of aromatic nitrogens is 2. The van der Waals surface area contributed by atoms with Crippen molar-refractivity contribution in [3.63, 3.8) is 0 Å². The molecular weight excluding hydrogens is 506 g/mol. The third-order valence-electron chi connectivity index (χ3n) is 6.13. The number of halogens is 1. The number of para-hydroxylation sites is 1. The molecule has 2 N–H and O–H groups in total. The summed E-state index contributed by atoms with van der Waals surface area (Å²) in [6, 6.07) is 17.6. The summed E-state index contributed by atoms with van der Waals surface area (Å²) < 4.78 is 2.54. The molecule has 32 heavy (non-hydrogen) atoms. The Labute approximate surface area is 200 Å². The summed E-state index contributed by atoms with van der Waals surface area (Å²) in [6.07, 6.45) is 1.22. The monoisotopic (exact) mass is 523 g/mol. The first kappa shape index (κ1) is 20.0. The van der Waals surface area contributed by atoms with E-state index in [4.69, 9.17) is 0 Å². The smallest absolute Gasteiger partial charge is 0.277 e. The summed E-state index contributed by atoms with van der Waals surface area (Å²) in [7, 11) is 0. The number of Topliss-reactive ketones (excluding diaryl/α,β-unsaturated/α-hetero) is 1. The lowest BCUT2D eigenvalue weighted by Gasteiger charge is -2.33. The fourth-order valence-electron chi connectivity index (χ4n) is 4.74. The van der Waals surface area contributed by atoms with E-state index in [1.54, 1.807) is 27.4 Å². The number of ketones is 1. The van der Waals surface area contributed by atoms with Crippen LogP contribution in [0.4, 0.5) is 5.82 Å². The summed E-state index contributed by atoms with van der Waals surface area (Å²) in [5.74, 6) is 0.577. The molecule has 0 saturated heterocycles. The van der Waals surface area contributed by atoms with Crippen molar-refractivity contribution in [2.45, 2.75) is 24.7 Å². The quantitative estimate of drug-likeness (QED) is 0.345.